The van der Waals surface area contributed by atoms with Crippen LogP contribution in [0, 0.1) is 0 Å². The fourth-order valence-electron chi connectivity index (χ4n) is 5.88. The second-order valence-electron chi connectivity index (χ2n) is 10.9. The van der Waals surface area contributed by atoms with Crippen molar-refractivity contribution in [2.45, 2.75) is 55.6 Å². The Kier molecular flexibility index (Phi) is 8.86. The number of sulfonamides is 1. The Hall–Kier alpha value is -3.47. The maximum absolute atomic E-state index is 13.7. The summed E-state index contributed by atoms with van der Waals surface area (Å²) in [5, 5.41) is 5.04. The highest BCUT2D eigenvalue weighted by Gasteiger charge is 2.44. The molecule has 0 radical (unpaired) electrons. The molecule has 5 rings (SSSR count). The summed E-state index contributed by atoms with van der Waals surface area (Å²) in [5.74, 6) is -0.777. The van der Waals surface area contributed by atoms with E-state index in [9.17, 15) is 22.8 Å². The van der Waals surface area contributed by atoms with Crippen molar-refractivity contribution >= 4 is 50.1 Å². The second-order valence-corrected chi connectivity index (χ2v) is 13.4. The zero-order valence-electron chi connectivity index (χ0n) is 23.7. The smallest absolute Gasteiger partial charge is 0.251 e. The molecule has 0 bridgehead atoms. The van der Waals surface area contributed by atoms with Crippen LogP contribution in [0.1, 0.15) is 43.0 Å². The lowest BCUT2D eigenvalue weighted by Gasteiger charge is -2.39. The van der Waals surface area contributed by atoms with Crippen LogP contribution in [0.5, 0.6) is 0 Å². The zero-order chi connectivity index (χ0) is 30.0. The number of likely N-dealkylation sites (N-methyl/N-ethyl adjacent to an activating group) is 1. The molecule has 2 fully saturated rings. The van der Waals surface area contributed by atoms with Crippen molar-refractivity contribution in [1.29, 1.82) is 0 Å². The molecule has 222 valence electrons. The highest BCUT2D eigenvalue weighted by Crippen LogP contribution is 2.29. The first-order valence-corrected chi connectivity index (χ1v) is 16.0. The van der Waals surface area contributed by atoms with E-state index in [2.05, 4.69) is 5.32 Å². The molecule has 2 heterocycles. The molecule has 0 spiro atoms. The first-order valence-electron chi connectivity index (χ1n) is 14.2. The third-order valence-corrected chi connectivity index (χ3v) is 10.5. The maximum Gasteiger partial charge on any atom is 0.251 e. The van der Waals surface area contributed by atoms with Crippen LogP contribution in [-0.2, 0) is 19.6 Å². The summed E-state index contributed by atoms with van der Waals surface area (Å²) in [5.41, 5.74) is 0.556. The van der Waals surface area contributed by atoms with E-state index >= 15 is 0 Å². The molecule has 3 amide bonds. The number of benzene rings is 3. The van der Waals surface area contributed by atoms with E-state index in [1.165, 1.54) is 18.0 Å². The number of nitrogens with one attached hydrogen (secondary N) is 1. The third kappa shape index (κ3) is 6.02. The molecular formula is C31H35ClN4O5S. The van der Waals surface area contributed by atoms with Crippen LogP contribution in [0.15, 0.2) is 71.6 Å². The number of halogens is 1. The minimum absolute atomic E-state index is 0.0869. The van der Waals surface area contributed by atoms with E-state index in [1.54, 1.807) is 66.4 Å². The molecule has 1 N–H and O–H groups in total. The van der Waals surface area contributed by atoms with Crippen molar-refractivity contribution in [3.8, 4) is 0 Å². The van der Waals surface area contributed by atoms with E-state index in [-0.39, 0.29) is 41.6 Å². The summed E-state index contributed by atoms with van der Waals surface area (Å²) in [6, 6.07) is 17.1. The zero-order valence-corrected chi connectivity index (χ0v) is 25.3. The van der Waals surface area contributed by atoms with Gasteiger partial charge in [-0.15, -0.1) is 0 Å². The molecule has 11 heteroatoms. The van der Waals surface area contributed by atoms with Gasteiger partial charge in [0.2, 0.25) is 21.8 Å². The molecule has 3 atom stereocenters. The molecule has 0 aliphatic carbocycles. The number of piperidine rings is 1. The number of amides is 3. The average molecular weight is 611 g/mol. The lowest BCUT2D eigenvalue weighted by molar-refractivity contribution is -0.146. The normalized spacial score (nSPS) is 20.2. The van der Waals surface area contributed by atoms with Crippen LogP contribution in [0.4, 0.5) is 0 Å². The largest absolute Gasteiger partial charge is 0.350 e. The fraction of sp³-hybridized carbons (Fsp3) is 0.387. The summed E-state index contributed by atoms with van der Waals surface area (Å²) >= 11 is 6.06. The highest BCUT2D eigenvalue weighted by molar-refractivity contribution is 7.89. The predicted molar refractivity (Wildman–Crippen MR) is 162 cm³/mol. The lowest BCUT2D eigenvalue weighted by Crippen LogP contribution is -2.56. The Morgan fingerprint density at radius 1 is 1.00 bits per heavy atom. The topological polar surface area (TPSA) is 107 Å². The van der Waals surface area contributed by atoms with Gasteiger partial charge in [0.05, 0.1) is 4.90 Å². The Bertz CT molecular complexity index is 1600. The number of nitrogens with zero attached hydrogens (tertiary/aromatic N) is 3. The predicted octanol–water partition coefficient (Wildman–Crippen LogP) is 3.91. The fourth-order valence-corrected chi connectivity index (χ4v) is 7.44. The van der Waals surface area contributed by atoms with Gasteiger partial charge in [-0.25, -0.2) is 8.42 Å². The van der Waals surface area contributed by atoms with Crippen molar-refractivity contribution in [3.05, 3.63) is 77.3 Å². The number of rotatable bonds is 8. The minimum atomic E-state index is -3.98. The van der Waals surface area contributed by atoms with E-state index in [1.807, 2.05) is 6.07 Å². The number of likely N-dealkylation sites (tertiary alicyclic amines) is 2. The minimum Gasteiger partial charge on any atom is -0.350 e. The van der Waals surface area contributed by atoms with E-state index < -0.39 is 22.1 Å². The standard InChI is InChI=1S/C31H35ClN4O5S/c1-21(30(38)36-16-7-6-10-26(36)20-33-29(37)22-8-4-3-5-9-22)35-17-15-28(31(35)39)34(2)42(40,41)27-14-12-23-18-25(32)13-11-24(23)19-27/h3-5,8-9,11-14,18-19,21,26,28H,6-7,10,15-17,20H2,1-2H3,(H,33,37)/t21-,26?,28+/m1/s1. The SMILES string of the molecule is C[C@H](C(=O)N1CCCCC1CNC(=O)c1ccccc1)N1CC[C@H](N(C)S(=O)(=O)c2ccc3cc(Cl)ccc3c2)C1=O. The molecule has 2 aliphatic rings. The molecule has 0 aromatic heterocycles. The summed E-state index contributed by atoms with van der Waals surface area (Å²) in [4.78, 5) is 43.1. The summed E-state index contributed by atoms with van der Waals surface area (Å²) < 4.78 is 28.2. The van der Waals surface area contributed by atoms with Crippen LogP contribution >= 0.6 is 11.6 Å². The van der Waals surface area contributed by atoms with Gasteiger partial charge in [0, 0.05) is 43.3 Å². The number of hydrogen-bond donors (Lipinski definition) is 1. The van der Waals surface area contributed by atoms with Gasteiger partial charge in [0.25, 0.3) is 5.91 Å². The number of carbonyl (C=O) groups excluding carboxylic acids is 3. The molecule has 3 aromatic carbocycles. The summed E-state index contributed by atoms with van der Waals surface area (Å²) in [6.07, 6.45) is 2.82. The Morgan fingerprint density at radius 2 is 1.71 bits per heavy atom. The Labute approximate surface area is 251 Å². The lowest BCUT2D eigenvalue weighted by atomic mass is 10.0. The number of fused-ring (bicyclic) bond motifs is 1. The van der Waals surface area contributed by atoms with E-state index in [0.29, 0.717) is 23.7 Å². The van der Waals surface area contributed by atoms with Gasteiger partial charge in [-0.2, -0.15) is 4.31 Å². The van der Waals surface area contributed by atoms with Crippen LogP contribution in [-0.4, -0.2) is 85.1 Å². The van der Waals surface area contributed by atoms with Gasteiger partial charge < -0.3 is 15.1 Å². The molecular weight excluding hydrogens is 576 g/mol. The van der Waals surface area contributed by atoms with Crippen LogP contribution in [0.25, 0.3) is 10.8 Å². The van der Waals surface area contributed by atoms with Crippen molar-refractivity contribution in [2.75, 3.05) is 26.7 Å². The van der Waals surface area contributed by atoms with Crippen molar-refractivity contribution in [2.24, 2.45) is 0 Å². The van der Waals surface area contributed by atoms with Crippen LogP contribution < -0.4 is 5.32 Å². The molecule has 2 aliphatic heterocycles. The van der Waals surface area contributed by atoms with Crippen LogP contribution in [0.3, 0.4) is 0 Å². The van der Waals surface area contributed by atoms with Gasteiger partial charge in [0.1, 0.15) is 12.1 Å². The number of carbonyl (C=O) groups is 3. The first kappa shape index (κ1) is 30.0. The molecule has 1 unspecified atom stereocenters. The highest BCUT2D eigenvalue weighted by atomic mass is 35.5. The van der Waals surface area contributed by atoms with Gasteiger partial charge in [-0.3, -0.25) is 14.4 Å². The monoisotopic (exact) mass is 610 g/mol. The molecule has 9 nitrogen and oxygen atoms in total. The quantitative estimate of drug-likeness (QED) is 0.416. The maximum atomic E-state index is 13.7. The Balaban J connectivity index is 1.25. The van der Waals surface area contributed by atoms with Crippen molar-refractivity contribution in [1.82, 2.24) is 19.4 Å². The van der Waals surface area contributed by atoms with Gasteiger partial charge in [0.15, 0.2) is 0 Å². The number of hydrogen-bond acceptors (Lipinski definition) is 5. The van der Waals surface area contributed by atoms with Gasteiger partial charge in [-0.05, 0) is 79.8 Å². The first-order chi connectivity index (χ1) is 20.1. The molecule has 42 heavy (non-hydrogen) atoms. The van der Waals surface area contributed by atoms with Gasteiger partial charge in [-0.1, -0.05) is 41.9 Å². The molecule has 2 saturated heterocycles. The van der Waals surface area contributed by atoms with Gasteiger partial charge >= 0.3 is 0 Å². The van der Waals surface area contributed by atoms with Crippen molar-refractivity contribution < 1.29 is 22.8 Å². The summed E-state index contributed by atoms with van der Waals surface area (Å²) in [6.45, 7) is 2.83. The third-order valence-electron chi connectivity index (χ3n) is 8.37. The van der Waals surface area contributed by atoms with E-state index in [4.69, 9.17) is 11.6 Å². The summed E-state index contributed by atoms with van der Waals surface area (Å²) in [7, 11) is -2.56. The molecule has 3 aromatic rings. The Morgan fingerprint density at radius 3 is 2.48 bits per heavy atom. The van der Waals surface area contributed by atoms with Crippen LogP contribution in [0.2, 0.25) is 5.02 Å². The van der Waals surface area contributed by atoms with Crippen molar-refractivity contribution in [3.63, 3.8) is 0 Å². The molecule has 0 saturated carbocycles. The average Bonchev–Trinajstić information content (AvgIpc) is 3.39. The van der Waals surface area contributed by atoms with E-state index in [0.717, 1.165) is 34.3 Å². The second kappa shape index (κ2) is 12.4.